The zero-order valence-corrected chi connectivity index (χ0v) is 17.4. The number of pyridine rings is 1. The van der Waals surface area contributed by atoms with Crippen molar-refractivity contribution in [1.82, 2.24) is 25.6 Å². The predicted octanol–water partition coefficient (Wildman–Crippen LogP) is 2.75. The second-order valence-corrected chi connectivity index (χ2v) is 7.30. The van der Waals surface area contributed by atoms with Crippen LogP contribution in [-0.2, 0) is 7.05 Å². The molecule has 2 N–H and O–H groups in total. The molecule has 0 fully saturated rings. The van der Waals surface area contributed by atoms with Crippen LogP contribution in [0.2, 0.25) is 0 Å². The number of nitrogens with zero attached hydrogens (tertiary/aromatic N) is 3. The normalized spacial score (nSPS) is 12.1. The summed E-state index contributed by atoms with van der Waals surface area (Å²) >= 11 is 0. The van der Waals surface area contributed by atoms with E-state index in [1.807, 2.05) is 37.3 Å². The lowest BCUT2D eigenvalue weighted by molar-refractivity contribution is 0.0847. The van der Waals surface area contributed by atoms with E-state index in [-0.39, 0.29) is 6.79 Å². The van der Waals surface area contributed by atoms with Gasteiger partial charge in [-0.2, -0.15) is 5.10 Å². The summed E-state index contributed by atoms with van der Waals surface area (Å²) in [5.41, 5.74) is 8.40. The number of hydrogen-bond donors (Lipinski definition) is 2. The van der Waals surface area contributed by atoms with Gasteiger partial charge >= 0.3 is 0 Å². The molecule has 32 heavy (non-hydrogen) atoms. The first-order valence-electron chi connectivity index (χ1n) is 9.91. The first-order valence-corrected chi connectivity index (χ1v) is 9.91. The van der Waals surface area contributed by atoms with Gasteiger partial charge in [0.05, 0.1) is 22.3 Å². The fourth-order valence-electron chi connectivity index (χ4n) is 3.67. The van der Waals surface area contributed by atoms with Gasteiger partial charge in [-0.05, 0) is 31.2 Å². The van der Waals surface area contributed by atoms with Gasteiger partial charge in [-0.1, -0.05) is 30.3 Å². The minimum absolute atomic E-state index is 0.114. The van der Waals surface area contributed by atoms with E-state index >= 15 is 0 Å². The number of amides is 2. The molecule has 0 unspecified atom stereocenters. The van der Waals surface area contributed by atoms with Crippen LogP contribution in [0.5, 0.6) is 11.5 Å². The summed E-state index contributed by atoms with van der Waals surface area (Å²) in [4.78, 5) is 30.3. The molecule has 5 rings (SSSR count). The number of carbonyl (C=O) groups excluding carboxylic acids is 2. The van der Waals surface area contributed by atoms with Crippen LogP contribution in [0, 0.1) is 6.92 Å². The fraction of sp³-hybridized carbons (Fsp3) is 0.130. The summed E-state index contributed by atoms with van der Waals surface area (Å²) in [6.45, 7) is 1.93. The monoisotopic (exact) mass is 429 g/mol. The summed E-state index contributed by atoms with van der Waals surface area (Å²) in [5, 5.41) is 5.03. The van der Waals surface area contributed by atoms with E-state index in [1.165, 1.54) is 0 Å². The standard InChI is InChI=1S/C23H19N5O4/c1-13-20-16(11-17(14-6-4-3-5-7-14)24-21(20)28(2)27-13)23(30)26-25-22(29)15-8-9-18-19(10-15)32-12-31-18/h3-11H,12H2,1-2H3,(H,25,29)(H,26,30). The number of hydrogen-bond acceptors (Lipinski definition) is 6. The van der Waals surface area contributed by atoms with Gasteiger partial charge < -0.3 is 9.47 Å². The maximum Gasteiger partial charge on any atom is 0.270 e. The van der Waals surface area contributed by atoms with Gasteiger partial charge in [0.25, 0.3) is 11.8 Å². The third kappa shape index (κ3) is 3.39. The molecule has 0 saturated heterocycles. The zero-order chi connectivity index (χ0) is 22.2. The molecule has 2 aromatic carbocycles. The summed E-state index contributed by atoms with van der Waals surface area (Å²) in [6, 6.07) is 16.1. The second-order valence-electron chi connectivity index (χ2n) is 7.30. The molecule has 3 heterocycles. The molecular formula is C23H19N5O4. The van der Waals surface area contributed by atoms with E-state index in [0.717, 1.165) is 5.56 Å². The Morgan fingerprint density at radius 2 is 1.72 bits per heavy atom. The number of fused-ring (bicyclic) bond motifs is 2. The topological polar surface area (TPSA) is 107 Å². The maximum absolute atomic E-state index is 13.1. The molecule has 1 aliphatic rings. The molecule has 0 bridgehead atoms. The first-order chi connectivity index (χ1) is 15.5. The van der Waals surface area contributed by atoms with Crippen LogP contribution in [0.3, 0.4) is 0 Å². The van der Waals surface area contributed by atoms with E-state index in [9.17, 15) is 9.59 Å². The highest BCUT2D eigenvalue weighted by Gasteiger charge is 2.21. The number of hydrazine groups is 1. The Morgan fingerprint density at radius 3 is 2.53 bits per heavy atom. The summed E-state index contributed by atoms with van der Waals surface area (Å²) in [5.74, 6) is 0.108. The van der Waals surface area contributed by atoms with Crippen molar-refractivity contribution >= 4 is 22.8 Å². The molecule has 0 saturated carbocycles. The van der Waals surface area contributed by atoms with Crippen molar-refractivity contribution in [3.63, 3.8) is 0 Å². The molecule has 0 aliphatic carbocycles. The van der Waals surface area contributed by atoms with Gasteiger partial charge in [0.1, 0.15) is 0 Å². The van der Waals surface area contributed by atoms with Crippen molar-refractivity contribution in [2.45, 2.75) is 6.92 Å². The minimum atomic E-state index is -0.479. The summed E-state index contributed by atoms with van der Waals surface area (Å²) < 4.78 is 12.2. The van der Waals surface area contributed by atoms with Crippen LogP contribution in [-0.4, -0.2) is 33.4 Å². The lowest BCUT2D eigenvalue weighted by atomic mass is 10.1. The van der Waals surface area contributed by atoms with Gasteiger partial charge in [0.15, 0.2) is 17.1 Å². The van der Waals surface area contributed by atoms with Crippen LogP contribution in [0.25, 0.3) is 22.3 Å². The predicted molar refractivity (Wildman–Crippen MR) is 116 cm³/mol. The van der Waals surface area contributed by atoms with E-state index < -0.39 is 11.8 Å². The highest BCUT2D eigenvalue weighted by atomic mass is 16.7. The Morgan fingerprint density at radius 1 is 0.969 bits per heavy atom. The van der Waals surface area contributed by atoms with E-state index in [0.29, 0.717) is 45.0 Å². The molecule has 0 spiro atoms. The van der Waals surface area contributed by atoms with Crippen LogP contribution >= 0.6 is 0 Å². The third-order valence-electron chi connectivity index (χ3n) is 5.21. The Hall–Kier alpha value is -4.40. The highest BCUT2D eigenvalue weighted by molar-refractivity contribution is 6.08. The molecule has 0 radical (unpaired) electrons. The average Bonchev–Trinajstić information content (AvgIpc) is 3.40. The number of rotatable bonds is 3. The van der Waals surface area contributed by atoms with E-state index in [2.05, 4.69) is 16.0 Å². The smallest absolute Gasteiger partial charge is 0.270 e. The van der Waals surface area contributed by atoms with Gasteiger partial charge in [-0.15, -0.1) is 0 Å². The Bertz CT molecular complexity index is 1360. The van der Waals surface area contributed by atoms with Crippen molar-refractivity contribution in [3.8, 4) is 22.8 Å². The number of carbonyl (C=O) groups is 2. The molecule has 9 heteroatoms. The van der Waals surface area contributed by atoms with E-state index in [4.69, 9.17) is 14.5 Å². The SMILES string of the molecule is Cc1nn(C)c2nc(-c3ccccc3)cc(C(=O)NNC(=O)c3ccc4c(c3)OCO4)c12. The Labute approximate surface area is 182 Å². The van der Waals surface area contributed by atoms with Crippen molar-refractivity contribution in [2.75, 3.05) is 6.79 Å². The minimum Gasteiger partial charge on any atom is -0.454 e. The van der Waals surface area contributed by atoms with E-state index in [1.54, 1.807) is 36.0 Å². The van der Waals surface area contributed by atoms with Crippen molar-refractivity contribution in [3.05, 3.63) is 71.4 Å². The van der Waals surface area contributed by atoms with Gasteiger partial charge in [0.2, 0.25) is 6.79 Å². The molecule has 160 valence electrons. The van der Waals surface area contributed by atoms with Gasteiger partial charge in [-0.25, -0.2) is 4.98 Å². The number of aromatic nitrogens is 3. The third-order valence-corrected chi connectivity index (χ3v) is 5.21. The number of nitrogens with one attached hydrogen (secondary N) is 2. The largest absolute Gasteiger partial charge is 0.454 e. The quantitative estimate of drug-likeness (QED) is 0.485. The van der Waals surface area contributed by atoms with Crippen molar-refractivity contribution < 1.29 is 19.1 Å². The average molecular weight is 429 g/mol. The second kappa shape index (κ2) is 7.69. The molecular weight excluding hydrogens is 410 g/mol. The lowest BCUT2D eigenvalue weighted by Crippen LogP contribution is -2.41. The summed E-state index contributed by atoms with van der Waals surface area (Å²) in [7, 11) is 1.78. The summed E-state index contributed by atoms with van der Waals surface area (Å²) in [6.07, 6.45) is 0. The number of aryl methyl sites for hydroxylation is 2. The van der Waals surface area contributed by atoms with Crippen LogP contribution < -0.4 is 20.3 Å². The fourth-order valence-corrected chi connectivity index (χ4v) is 3.67. The lowest BCUT2D eigenvalue weighted by Gasteiger charge is -2.11. The zero-order valence-electron chi connectivity index (χ0n) is 17.4. The van der Waals surface area contributed by atoms with Crippen LogP contribution in [0.1, 0.15) is 26.4 Å². The Balaban J connectivity index is 1.44. The molecule has 2 amide bonds. The van der Waals surface area contributed by atoms with Crippen LogP contribution in [0.4, 0.5) is 0 Å². The van der Waals surface area contributed by atoms with Gasteiger partial charge in [-0.3, -0.25) is 25.1 Å². The first kappa shape index (κ1) is 19.6. The Kier molecular flexibility index (Phi) is 4.70. The highest BCUT2D eigenvalue weighted by Crippen LogP contribution is 2.32. The molecule has 1 aliphatic heterocycles. The van der Waals surface area contributed by atoms with Gasteiger partial charge in [0, 0.05) is 18.2 Å². The molecule has 9 nitrogen and oxygen atoms in total. The number of ether oxygens (including phenoxy) is 2. The maximum atomic E-state index is 13.1. The number of benzene rings is 2. The van der Waals surface area contributed by atoms with Crippen molar-refractivity contribution in [2.24, 2.45) is 7.05 Å². The van der Waals surface area contributed by atoms with Crippen LogP contribution in [0.15, 0.2) is 54.6 Å². The van der Waals surface area contributed by atoms with Crippen molar-refractivity contribution in [1.29, 1.82) is 0 Å². The molecule has 2 aromatic heterocycles. The molecule has 4 aromatic rings. The molecule has 0 atom stereocenters.